The van der Waals surface area contributed by atoms with Gasteiger partial charge >= 0.3 is 0 Å². The molecule has 132 valence electrons. The summed E-state index contributed by atoms with van der Waals surface area (Å²) in [5.74, 6) is 3.09. The van der Waals surface area contributed by atoms with Gasteiger partial charge in [0.15, 0.2) is 0 Å². The molecule has 1 atom stereocenters. The van der Waals surface area contributed by atoms with Gasteiger partial charge in [-0.25, -0.2) is 0 Å². The van der Waals surface area contributed by atoms with Crippen molar-refractivity contribution in [2.24, 2.45) is 23.2 Å². The average Bonchev–Trinajstić information content (AvgIpc) is 2.52. The summed E-state index contributed by atoms with van der Waals surface area (Å²) in [6, 6.07) is 8.60. The van der Waals surface area contributed by atoms with Gasteiger partial charge in [0.2, 0.25) is 0 Å². The zero-order chi connectivity index (χ0) is 17.0. The maximum absolute atomic E-state index is 6.12. The fourth-order valence-electron chi connectivity index (χ4n) is 6.75. The van der Waals surface area contributed by atoms with Gasteiger partial charge < -0.3 is 5.32 Å². The summed E-state index contributed by atoms with van der Waals surface area (Å²) in [4.78, 5) is 4.47. The summed E-state index contributed by atoms with van der Waals surface area (Å²) in [7, 11) is 0. The third-order valence-corrected chi connectivity index (χ3v) is 7.25. The van der Waals surface area contributed by atoms with E-state index in [1.807, 2.05) is 18.3 Å². The van der Waals surface area contributed by atoms with E-state index in [9.17, 15) is 0 Å². The molecule has 2 nitrogen and oxygen atoms in total. The summed E-state index contributed by atoms with van der Waals surface area (Å²) < 4.78 is 0. The molecule has 1 N–H and O–H groups in total. The van der Waals surface area contributed by atoms with Crippen molar-refractivity contribution in [3.05, 3.63) is 35.5 Å². The molecule has 4 aliphatic rings. The fraction of sp³-hybridized carbons (Fsp3) is 0.591. The Balaban J connectivity index is 1.35. The first kappa shape index (κ1) is 15.9. The summed E-state index contributed by atoms with van der Waals surface area (Å²) in [6.07, 6.45) is 12.2. The van der Waals surface area contributed by atoms with Gasteiger partial charge in [-0.2, -0.15) is 0 Å². The minimum absolute atomic E-state index is 0.498. The Kier molecular flexibility index (Phi) is 3.74. The lowest BCUT2D eigenvalue weighted by atomic mass is 9.48. The van der Waals surface area contributed by atoms with E-state index in [1.165, 1.54) is 56.0 Å². The van der Waals surface area contributed by atoms with Crippen LogP contribution in [0.1, 0.15) is 51.9 Å². The van der Waals surface area contributed by atoms with E-state index in [2.05, 4.69) is 29.4 Å². The first-order chi connectivity index (χ1) is 12.1. The number of pyridine rings is 1. The molecule has 6 rings (SSSR count). The monoisotopic (exact) mass is 354 g/mol. The van der Waals surface area contributed by atoms with Crippen LogP contribution in [-0.4, -0.2) is 11.0 Å². The molecule has 1 aromatic heterocycles. The Bertz CT molecular complexity index is 764. The van der Waals surface area contributed by atoms with Crippen molar-refractivity contribution >= 4 is 28.2 Å². The van der Waals surface area contributed by atoms with E-state index < -0.39 is 0 Å². The second-order valence-electron chi connectivity index (χ2n) is 9.19. The van der Waals surface area contributed by atoms with Crippen LogP contribution in [-0.2, 0) is 0 Å². The lowest BCUT2D eigenvalue weighted by Gasteiger charge is -2.57. The second-order valence-corrected chi connectivity index (χ2v) is 9.62. The van der Waals surface area contributed by atoms with Crippen LogP contribution < -0.4 is 5.32 Å². The molecule has 0 spiro atoms. The Morgan fingerprint density at radius 3 is 2.48 bits per heavy atom. The van der Waals surface area contributed by atoms with Gasteiger partial charge in [-0.15, -0.1) is 0 Å². The van der Waals surface area contributed by atoms with Crippen LogP contribution >= 0.6 is 11.6 Å². The third-order valence-electron chi connectivity index (χ3n) is 7.01. The smallest absolute Gasteiger partial charge is 0.0737 e. The zero-order valence-electron chi connectivity index (χ0n) is 15.0. The lowest BCUT2D eigenvalue weighted by Crippen LogP contribution is -2.47. The summed E-state index contributed by atoms with van der Waals surface area (Å²) in [5.41, 5.74) is 2.78. The van der Waals surface area contributed by atoms with Gasteiger partial charge in [-0.05, 0) is 99.3 Å². The number of fused-ring (bicyclic) bond motifs is 1. The second kappa shape index (κ2) is 5.87. The number of hydrogen-bond acceptors (Lipinski definition) is 2. The zero-order valence-corrected chi connectivity index (χ0v) is 15.7. The third kappa shape index (κ3) is 2.93. The highest BCUT2D eigenvalue weighted by Crippen LogP contribution is 2.61. The fourth-order valence-corrected chi connectivity index (χ4v) is 6.92. The lowest BCUT2D eigenvalue weighted by molar-refractivity contribution is -0.0587. The molecule has 4 fully saturated rings. The number of nitrogens with zero attached hydrogens (tertiary/aromatic N) is 1. The highest BCUT2D eigenvalue weighted by atomic mass is 35.5. The molecule has 2 aromatic rings. The Labute approximate surface area is 155 Å². The standard InChI is InChI=1S/C22H27ClN2/c1-14(10-22-11-15-6-16(12-22)8-17(7-15)13-22)25-20-4-5-24-21-9-18(23)2-3-19(20)21/h2-5,9,14-17H,6-8,10-13H2,1H3,(H,24,25). The molecule has 0 saturated heterocycles. The molecule has 1 unspecified atom stereocenters. The van der Waals surface area contributed by atoms with Crippen molar-refractivity contribution in [1.29, 1.82) is 0 Å². The van der Waals surface area contributed by atoms with Crippen molar-refractivity contribution in [2.45, 2.75) is 57.9 Å². The number of rotatable bonds is 4. The molecule has 3 heteroatoms. The first-order valence-corrected chi connectivity index (χ1v) is 10.3. The molecule has 0 radical (unpaired) electrons. The van der Waals surface area contributed by atoms with E-state index in [-0.39, 0.29) is 0 Å². The van der Waals surface area contributed by atoms with E-state index >= 15 is 0 Å². The van der Waals surface area contributed by atoms with Crippen LogP contribution in [0.4, 0.5) is 5.69 Å². The molecule has 1 aromatic carbocycles. The van der Waals surface area contributed by atoms with E-state index in [1.54, 1.807) is 0 Å². The number of benzene rings is 1. The molecule has 0 aliphatic heterocycles. The quantitative estimate of drug-likeness (QED) is 0.697. The van der Waals surface area contributed by atoms with Gasteiger partial charge in [-0.1, -0.05) is 11.6 Å². The van der Waals surface area contributed by atoms with E-state index in [0.717, 1.165) is 28.3 Å². The summed E-state index contributed by atoms with van der Waals surface area (Å²) >= 11 is 6.12. The van der Waals surface area contributed by atoms with Gasteiger partial charge in [-0.3, -0.25) is 4.98 Å². The highest BCUT2D eigenvalue weighted by molar-refractivity contribution is 6.31. The van der Waals surface area contributed by atoms with Crippen molar-refractivity contribution in [3.63, 3.8) is 0 Å². The molecule has 4 aliphatic carbocycles. The highest BCUT2D eigenvalue weighted by Gasteiger charge is 2.50. The van der Waals surface area contributed by atoms with Crippen LogP contribution in [0.3, 0.4) is 0 Å². The van der Waals surface area contributed by atoms with Crippen molar-refractivity contribution in [1.82, 2.24) is 4.98 Å². The maximum atomic E-state index is 6.12. The Morgan fingerprint density at radius 1 is 1.12 bits per heavy atom. The molecule has 4 bridgehead atoms. The SMILES string of the molecule is CC(CC12CC3CC(CC(C3)C1)C2)Nc1ccnc2cc(Cl)ccc12. The number of halogens is 1. The van der Waals surface area contributed by atoms with Gasteiger partial charge in [0.25, 0.3) is 0 Å². The summed E-state index contributed by atoms with van der Waals surface area (Å²) in [5, 5.41) is 5.72. The first-order valence-electron chi connectivity index (χ1n) is 9.89. The predicted molar refractivity (Wildman–Crippen MR) is 105 cm³/mol. The van der Waals surface area contributed by atoms with Crippen LogP contribution in [0.5, 0.6) is 0 Å². The van der Waals surface area contributed by atoms with Crippen molar-refractivity contribution in [3.8, 4) is 0 Å². The van der Waals surface area contributed by atoms with Crippen LogP contribution in [0.2, 0.25) is 5.02 Å². The van der Waals surface area contributed by atoms with Crippen molar-refractivity contribution in [2.75, 3.05) is 5.32 Å². The number of nitrogens with one attached hydrogen (secondary N) is 1. The average molecular weight is 355 g/mol. The normalized spacial score (nSPS) is 34.4. The number of hydrogen-bond donors (Lipinski definition) is 1. The molecule has 0 amide bonds. The molecule has 4 saturated carbocycles. The van der Waals surface area contributed by atoms with Gasteiger partial charge in [0.05, 0.1) is 5.52 Å². The minimum Gasteiger partial charge on any atom is -0.382 e. The molecule has 25 heavy (non-hydrogen) atoms. The Morgan fingerprint density at radius 2 is 1.80 bits per heavy atom. The van der Waals surface area contributed by atoms with E-state index in [0.29, 0.717) is 11.5 Å². The topological polar surface area (TPSA) is 24.9 Å². The van der Waals surface area contributed by atoms with Crippen LogP contribution in [0.15, 0.2) is 30.5 Å². The number of aromatic nitrogens is 1. The van der Waals surface area contributed by atoms with E-state index in [4.69, 9.17) is 11.6 Å². The van der Waals surface area contributed by atoms with Gasteiger partial charge in [0, 0.05) is 28.3 Å². The minimum atomic E-state index is 0.498. The predicted octanol–water partition coefficient (Wildman–Crippen LogP) is 6.30. The largest absolute Gasteiger partial charge is 0.382 e. The summed E-state index contributed by atoms with van der Waals surface area (Å²) in [6.45, 7) is 2.36. The molecular weight excluding hydrogens is 328 g/mol. The molecular formula is C22H27ClN2. The maximum Gasteiger partial charge on any atom is 0.0737 e. The van der Waals surface area contributed by atoms with Crippen molar-refractivity contribution < 1.29 is 0 Å². The molecule has 1 heterocycles. The number of anilines is 1. The van der Waals surface area contributed by atoms with Gasteiger partial charge in [0.1, 0.15) is 0 Å². The van der Waals surface area contributed by atoms with Crippen LogP contribution in [0.25, 0.3) is 10.9 Å². The Hall–Kier alpha value is -1.28. The van der Waals surface area contributed by atoms with Crippen LogP contribution in [0, 0.1) is 23.2 Å².